The monoisotopic (exact) mass is 494 g/mol. The van der Waals surface area contributed by atoms with E-state index >= 15 is 0 Å². The minimum atomic E-state index is -3.51. The second-order valence-electron chi connectivity index (χ2n) is 9.41. The maximum absolute atomic E-state index is 12.9. The summed E-state index contributed by atoms with van der Waals surface area (Å²) in [5.41, 5.74) is 2.35. The van der Waals surface area contributed by atoms with E-state index in [9.17, 15) is 13.2 Å². The number of hydrogen-bond acceptors (Lipinski definition) is 5. The van der Waals surface area contributed by atoms with E-state index in [-0.39, 0.29) is 16.2 Å². The second kappa shape index (κ2) is 11.2. The van der Waals surface area contributed by atoms with Gasteiger partial charge in [-0.2, -0.15) is 0 Å². The van der Waals surface area contributed by atoms with Crippen LogP contribution in [-0.4, -0.2) is 36.8 Å². The van der Waals surface area contributed by atoms with Crippen LogP contribution < -0.4 is 10.6 Å². The number of sulfone groups is 1. The number of piperidine rings is 1. The van der Waals surface area contributed by atoms with E-state index in [4.69, 9.17) is 0 Å². The third-order valence-corrected chi connectivity index (χ3v) is 8.39. The van der Waals surface area contributed by atoms with E-state index in [2.05, 4.69) is 22.5 Å². The zero-order valence-electron chi connectivity index (χ0n) is 20.2. The molecule has 0 radical (unpaired) electrons. The van der Waals surface area contributed by atoms with Crippen molar-refractivity contribution in [3.8, 4) is 0 Å². The van der Waals surface area contributed by atoms with Crippen molar-refractivity contribution in [1.82, 2.24) is 20.0 Å². The van der Waals surface area contributed by atoms with Crippen molar-refractivity contribution in [2.24, 2.45) is 5.41 Å². The van der Waals surface area contributed by atoms with Crippen molar-refractivity contribution in [1.29, 1.82) is 0 Å². The molecule has 1 aromatic carbocycles. The molecule has 1 fully saturated rings. The highest BCUT2D eigenvalue weighted by Gasteiger charge is 2.30. The van der Waals surface area contributed by atoms with Crippen LogP contribution in [0.25, 0.3) is 5.65 Å². The molecule has 1 aliphatic heterocycles. The van der Waals surface area contributed by atoms with Gasteiger partial charge in [0, 0.05) is 30.5 Å². The number of nitrogens with one attached hydrogen (secondary N) is 2. The van der Waals surface area contributed by atoms with Gasteiger partial charge in [0.1, 0.15) is 5.65 Å². The molecule has 0 aliphatic carbocycles. The molecule has 3 aromatic rings. The Bertz CT molecular complexity index is 1270. The average Bonchev–Trinajstić information content (AvgIpc) is 3.35. The highest BCUT2D eigenvalue weighted by molar-refractivity contribution is 7.94. The van der Waals surface area contributed by atoms with Crippen molar-refractivity contribution in [3.63, 3.8) is 0 Å². The summed E-state index contributed by atoms with van der Waals surface area (Å²) in [5, 5.41) is 7.66. The molecular weight excluding hydrogens is 460 g/mol. The van der Waals surface area contributed by atoms with Gasteiger partial charge in [-0.05, 0) is 74.0 Å². The van der Waals surface area contributed by atoms with E-state index in [1.54, 1.807) is 59.4 Å². The molecule has 1 saturated heterocycles. The Balaban J connectivity index is 1.34. The summed E-state index contributed by atoms with van der Waals surface area (Å²) < 4.78 is 27.5. The number of fused-ring (bicyclic) bond motifs is 1. The van der Waals surface area contributed by atoms with Gasteiger partial charge < -0.3 is 15.0 Å². The van der Waals surface area contributed by atoms with Crippen molar-refractivity contribution < 1.29 is 13.2 Å². The van der Waals surface area contributed by atoms with Crippen LogP contribution in [0.3, 0.4) is 0 Å². The molecule has 4 rings (SSSR count). The standard InChI is InChI=1S/C27H34N4O3S/c1-2-3-11-27(13-15-28-16-14-27)12-4-19-35(33,34)24-8-5-22(6-9-24)20-30-26(32)23-7-10-25-29-17-18-31(25)21-23/h4-10,17-19,21,28H,2-3,11-16,20H2,1H3,(H,30,32). The van der Waals surface area contributed by atoms with Crippen molar-refractivity contribution in [2.75, 3.05) is 13.1 Å². The highest BCUT2D eigenvalue weighted by Crippen LogP contribution is 2.38. The van der Waals surface area contributed by atoms with Crippen LogP contribution in [0.1, 0.15) is 61.4 Å². The first-order valence-corrected chi connectivity index (χ1v) is 13.9. The fraction of sp³-hybridized carbons (Fsp3) is 0.407. The summed E-state index contributed by atoms with van der Waals surface area (Å²) in [5.74, 6) is -0.199. The molecule has 8 heteroatoms. The van der Waals surface area contributed by atoms with Gasteiger partial charge >= 0.3 is 0 Å². The Morgan fingerprint density at radius 3 is 2.69 bits per heavy atom. The predicted molar refractivity (Wildman–Crippen MR) is 138 cm³/mol. The molecule has 35 heavy (non-hydrogen) atoms. The quantitative estimate of drug-likeness (QED) is 0.433. The first-order valence-electron chi connectivity index (χ1n) is 12.3. The lowest BCUT2D eigenvalue weighted by atomic mass is 9.72. The maximum atomic E-state index is 12.9. The highest BCUT2D eigenvalue weighted by atomic mass is 32.2. The lowest BCUT2D eigenvalue weighted by molar-refractivity contribution is 0.0950. The van der Waals surface area contributed by atoms with Crippen LogP contribution in [0.15, 0.2) is 71.4 Å². The summed E-state index contributed by atoms with van der Waals surface area (Å²) >= 11 is 0. The number of carbonyl (C=O) groups excluding carboxylic acids is 1. The SMILES string of the molecule is CCCCC1(CC=CS(=O)(=O)c2ccc(CNC(=O)c3ccc4nccn4c3)cc2)CCNCC1. The maximum Gasteiger partial charge on any atom is 0.253 e. The van der Waals surface area contributed by atoms with E-state index in [0.717, 1.165) is 56.4 Å². The molecule has 0 spiro atoms. The van der Waals surface area contributed by atoms with Gasteiger partial charge in [-0.25, -0.2) is 13.4 Å². The second-order valence-corrected chi connectivity index (χ2v) is 11.2. The topological polar surface area (TPSA) is 92.6 Å². The van der Waals surface area contributed by atoms with Crippen LogP contribution in [0, 0.1) is 5.41 Å². The van der Waals surface area contributed by atoms with Gasteiger partial charge in [0.25, 0.3) is 5.91 Å². The Morgan fingerprint density at radius 2 is 1.94 bits per heavy atom. The molecule has 186 valence electrons. The largest absolute Gasteiger partial charge is 0.348 e. The van der Waals surface area contributed by atoms with Crippen LogP contribution in [0.2, 0.25) is 0 Å². The zero-order valence-corrected chi connectivity index (χ0v) is 21.1. The molecule has 0 saturated carbocycles. The third-order valence-electron chi connectivity index (χ3n) is 6.91. The number of unbranched alkanes of at least 4 members (excludes halogenated alkanes) is 1. The van der Waals surface area contributed by atoms with Crippen molar-refractivity contribution >= 4 is 21.4 Å². The zero-order chi connectivity index (χ0) is 24.7. The van der Waals surface area contributed by atoms with E-state index in [0.29, 0.717) is 12.1 Å². The number of aromatic nitrogens is 2. The minimum absolute atomic E-state index is 0.199. The number of rotatable bonds is 10. The summed E-state index contributed by atoms with van der Waals surface area (Å²) in [7, 11) is -3.51. The molecule has 7 nitrogen and oxygen atoms in total. The Hall–Kier alpha value is -2.97. The average molecular weight is 495 g/mol. The predicted octanol–water partition coefficient (Wildman–Crippen LogP) is 4.50. The minimum Gasteiger partial charge on any atom is -0.348 e. The molecule has 0 unspecified atom stereocenters. The van der Waals surface area contributed by atoms with Crippen molar-refractivity contribution in [2.45, 2.75) is 56.9 Å². The van der Waals surface area contributed by atoms with Crippen LogP contribution >= 0.6 is 0 Å². The molecule has 1 amide bonds. The van der Waals surface area contributed by atoms with Crippen LogP contribution in [0.4, 0.5) is 0 Å². The Labute approximate surface area is 207 Å². The molecule has 1 aliphatic rings. The van der Waals surface area contributed by atoms with Crippen molar-refractivity contribution in [3.05, 3.63) is 77.6 Å². The number of benzene rings is 1. The fourth-order valence-electron chi connectivity index (χ4n) is 4.70. The van der Waals surface area contributed by atoms with E-state index in [1.165, 1.54) is 11.8 Å². The number of nitrogens with zero attached hydrogens (tertiary/aromatic N) is 2. The van der Waals surface area contributed by atoms with E-state index < -0.39 is 9.84 Å². The Kier molecular flexibility index (Phi) is 8.03. The first kappa shape index (κ1) is 25.1. The fourth-order valence-corrected chi connectivity index (χ4v) is 5.73. The molecule has 2 N–H and O–H groups in total. The van der Waals surface area contributed by atoms with Gasteiger partial charge in [0.05, 0.1) is 10.5 Å². The number of amides is 1. The molecule has 0 atom stereocenters. The molecule has 3 heterocycles. The normalized spacial score (nSPS) is 16.0. The summed E-state index contributed by atoms with van der Waals surface area (Å²) in [6.07, 6.45) is 13.5. The van der Waals surface area contributed by atoms with Crippen LogP contribution in [0.5, 0.6) is 0 Å². The summed E-state index contributed by atoms with van der Waals surface area (Å²) in [6.45, 7) is 4.51. The van der Waals surface area contributed by atoms with Gasteiger partial charge in [-0.3, -0.25) is 4.79 Å². The summed E-state index contributed by atoms with van der Waals surface area (Å²) in [4.78, 5) is 16.9. The number of pyridine rings is 1. The lowest BCUT2D eigenvalue weighted by Crippen LogP contribution is -2.36. The smallest absolute Gasteiger partial charge is 0.253 e. The van der Waals surface area contributed by atoms with Gasteiger partial charge in [0.2, 0.25) is 0 Å². The summed E-state index contributed by atoms with van der Waals surface area (Å²) in [6, 6.07) is 10.2. The van der Waals surface area contributed by atoms with Gasteiger partial charge in [0.15, 0.2) is 9.84 Å². The number of allylic oxidation sites excluding steroid dienone is 1. The van der Waals surface area contributed by atoms with Crippen LogP contribution in [-0.2, 0) is 16.4 Å². The third kappa shape index (κ3) is 6.38. The Morgan fingerprint density at radius 1 is 1.17 bits per heavy atom. The first-order chi connectivity index (χ1) is 16.9. The van der Waals surface area contributed by atoms with Gasteiger partial charge in [-0.1, -0.05) is 38.0 Å². The molecular formula is C27H34N4O3S. The van der Waals surface area contributed by atoms with E-state index in [1.807, 2.05) is 6.08 Å². The number of hydrogen-bond donors (Lipinski definition) is 2. The molecule has 2 aromatic heterocycles. The number of imidazole rings is 1. The number of carbonyl (C=O) groups is 1. The lowest BCUT2D eigenvalue weighted by Gasteiger charge is -2.37. The van der Waals surface area contributed by atoms with Gasteiger partial charge in [-0.15, -0.1) is 0 Å². The molecule has 0 bridgehead atoms.